The van der Waals surface area contributed by atoms with Crippen molar-refractivity contribution in [1.29, 1.82) is 0 Å². The fourth-order valence-electron chi connectivity index (χ4n) is 4.59. The maximum absolute atomic E-state index is 6.61. The first-order valence-electron chi connectivity index (χ1n) is 12.3. The average Bonchev–Trinajstić information content (AvgIpc) is 3.50. The van der Waals surface area contributed by atoms with E-state index in [1.54, 1.807) is 11.3 Å². The van der Waals surface area contributed by atoms with E-state index < -0.39 is 0 Å². The topological polar surface area (TPSA) is 21.1 Å². The molecule has 0 radical (unpaired) electrons. The van der Waals surface area contributed by atoms with Gasteiger partial charge in [-0.2, -0.15) is 5.10 Å². The molecule has 1 aromatic carbocycles. The Morgan fingerprint density at radius 1 is 1.20 bits per heavy atom. The van der Waals surface area contributed by atoms with Crippen LogP contribution in [-0.4, -0.2) is 27.8 Å². The van der Waals surface area contributed by atoms with Gasteiger partial charge in [-0.25, -0.2) is 4.68 Å². The predicted molar refractivity (Wildman–Crippen MR) is 152 cm³/mol. The van der Waals surface area contributed by atoms with Crippen molar-refractivity contribution in [3.63, 3.8) is 0 Å². The normalized spacial score (nSPS) is 15.3. The number of allylic oxidation sites excluding steroid dienone is 6. The lowest BCUT2D eigenvalue weighted by molar-refractivity contribution is 0.182. The summed E-state index contributed by atoms with van der Waals surface area (Å²) in [4.78, 5) is 4.78. The van der Waals surface area contributed by atoms with E-state index in [0.717, 1.165) is 44.5 Å². The van der Waals surface area contributed by atoms with Gasteiger partial charge in [0.15, 0.2) is 0 Å². The Labute approximate surface area is 218 Å². The third kappa shape index (κ3) is 6.32. The SMILES string of the molecule is C=C/C(=C\C=C/C(=C)C)c1ccc(-c2cc(CN(C)C3CCCCC3)nn2-c2ccccc2Cl)s1. The van der Waals surface area contributed by atoms with Crippen molar-refractivity contribution < 1.29 is 0 Å². The summed E-state index contributed by atoms with van der Waals surface area (Å²) in [5.41, 5.74) is 5.12. The number of hydrogen-bond donors (Lipinski definition) is 0. The van der Waals surface area contributed by atoms with Gasteiger partial charge in [0.1, 0.15) is 0 Å². The summed E-state index contributed by atoms with van der Waals surface area (Å²) in [5.74, 6) is 0. The van der Waals surface area contributed by atoms with Gasteiger partial charge in [-0.1, -0.05) is 86.0 Å². The molecule has 2 aromatic heterocycles. The molecule has 182 valence electrons. The van der Waals surface area contributed by atoms with Crippen LogP contribution in [0.2, 0.25) is 5.02 Å². The number of benzene rings is 1. The summed E-state index contributed by atoms with van der Waals surface area (Å²) in [7, 11) is 2.23. The third-order valence-corrected chi connectivity index (χ3v) is 7.95. The lowest BCUT2D eigenvalue weighted by atomic mass is 9.94. The zero-order valence-corrected chi connectivity index (χ0v) is 22.3. The lowest BCUT2D eigenvalue weighted by Crippen LogP contribution is -2.33. The molecule has 5 heteroatoms. The van der Waals surface area contributed by atoms with E-state index in [4.69, 9.17) is 16.7 Å². The van der Waals surface area contributed by atoms with Gasteiger partial charge in [0.25, 0.3) is 0 Å². The summed E-state index contributed by atoms with van der Waals surface area (Å²) in [6.07, 6.45) is 14.6. The molecule has 0 saturated heterocycles. The molecule has 3 aromatic rings. The van der Waals surface area contributed by atoms with E-state index >= 15 is 0 Å². The zero-order valence-electron chi connectivity index (χ0n) is 20.7. The molecule has 0 amide bonds. The Balaban J connectivity index is 1.69. The molecular formula is C30H34ClN3S. The second-order valence-corrected chi connectivity index (χ2v) is 10.8. The minimum atomic E-state index is 0.638. The highest BCUT2D eigenvalue weighted by atomic mass is 35.5. The Morgan fingerprint density at radius 3 is 2.69 bits per heavy atom. The highest BCUT2D eigenvalue weighted by Gasteiger charge is 2.21. The molecule has 0 N–H and O–H groups in total. The van der Waals surface area contributed by atoms with Crippen molar-refractivity contribution in [2.45, 2.75) is 51.6 Å². The van der Waals surface area contributed by atoms with E-state index in [-0.39, 0.29) is 0 Å². The van der Waals surface area contributed by atoms with E-state index in [1.165, 1.54) is 32.1 Å². The van der Waals surface area contributed by atoms with Crippen LogP contribution in [0, 0.1) is 0 Å². The molecule has 1 aliphatic carbocycles. The van der Waals surface area contributed by atoms with Crippen molar-refractivity contribution in [3.8, 4) is 16.3 Å². The quantitative estimate of drug-likeness (QED) is 0.272. The van der Waals surface area contributed by atoms with Gasteiger partial charge in [0.05, 0.1) is 27.0 Å². The van der Waals surface area contributed by atoms with Crippen molar-refractivity contribution in [2.24, 2.45) is 0 Å². The Hall–Kier alpha value is -2.66. The first-order chi connectivity index (χ1) is 17.0. The molecule has 1 saturated carbocycles. The molecule has 2 heterocycles. The molecule has 0 aliphatic heterocycles. The van der Waals surface area contributed by atoms with Crippen LogP contribution in [0.3, 0.4) is 0 Å². The smallest absolute Gasteiger partial charge is 0.0844 e. The highest BCUT2D eigenvalue weighted by Crippen LogP contribution is 2.35. The van der Waals surface area contributed by atoms with Crippen LogP contribution in [0.15, 0.2) is 85.5 Å². The molecule has 35 heavy (non-hydrogen) atoms. The lowest BCUT2D eigenvalue weighted by Gasteiger charge is -2.30. The van der Waals surface area contributed by atoms with Crippen molar-refractivity contribution in [3.05, 3.63) is 101 Å². The van der Waals surface area contributed by atoms with Gasteiger partial charge < -0.3 is 0 Å². The van der Waals surface area contributed by atoms with E-state index in [9.17, 15) is 0 Å². The van der Waals surface area contributed by atoms with Crippen LogP contribution < -0.4 is 0 Å². The molecule has 0 bridgehead atoms. The monoisotopic (exact) mass is 503 g/mol. The minimum absolute atomic E-state index is 0.638. The average molecular weight is 504 g/mol. The van der Waals surface area contributed by atoms with Crippen molar-refractivity contribution >= 4 is 28.5 Å². The summed E-state index contributed by atoms with van der Waals surface area (Å²) in [5, 5.41) is 5.73. The Morgan fingerprint density at radius 2 is 1.97 bits per heavy atom. The molecular weight excluding hydrogens is 470 g/mol. The first-order valence-corrected chi connectivity index (χ1v) is 13.5. The van der Waals surface area contributed by atoms with E-state index in [1.807, 2.05) is 54.1 Å². The Kier molecular flexibility index (Phi) is 8.61. The van der Waals surface area contributed by atoms with E-state index in [2.05, 4.69) is 49.4 Å². The summed E-state index contributed by atoms with van der Waals surface area (Å²) < 4.78 is 2.00. The second-order valence-electron chi connectivity index (χ2n) is 9.29. The fraction of sp³-hybridized carbons (Fsp3) is 0.300. The molecule has 0 unspecified atom stereocenters. The standard InChI is InChI=1S/C30H34ClN3S/c1-5-23(13-11-12-22(2)3)29-18-19-30(35-29)28-20-24(21-33(4)25-14-7-6-8-15-25)32-34(28)27-17-10-9-16-26(27)31/h5,9-13,16-20,25H,1-2,6-8,14-15,21H2,3-4H3/b12-11-,23-13+. The van der Waals surface area contributed by atoms with Crippen molar-refractivity contribution in [1.82, 2.24) is 14.7 Å². The predicted octanol–water partition coefficient (Wildman–Crippen LogP) is 8.72. The number of thiophene rings is 1. The van der Waals surface area contributed by atoms with Gasteiger partial charge in [-0.05, 0) is 62.7 Å². The molecule has 0 spiro atoms. The number of para-hydroxylation sites is 1. The summed E-state index contributed by atoms with van der Waals surface area (Å²) >= 11 is 8.35. The number of nitrogens with zero attached hydrogens (tertiary/aromatic N) is 3. The van der Waals surface area contributed by atoms with Crippen molar-refractivity contribution in [2.75, 3.05) is 7.05 Å². The number of hydrogen-bond acceptors (Lipinski definition) is 3. The summed E-state index contributed by atoms with van der Waals surface area (Å²) in [6, 6.07) is 15.1. The third-order valence-electron chi connectivity index (χ3n) is 6.47. The van der Waals surface area contributed by atoms with Crippen LogP contribution in [0.5, 0.6) is 0 Å². The summed E-state index contributed by atoms with van der Waals surface area (Å²) in [6.45, 7) is 10.8. The van der Waals surface area contributed by atoms with Gasteiger partial charge in [0.2, 0.25) is 0 Å². The molecule has 3 nitrogen and oxygen atoms in total. The van der Waals surface area contributed by atoms with Crippen LogP contribution in [0.1, 0.15) is 49.6 Å². The zero-order chi connectivity index (χ0) is 24.8. The molecule has 1 aliphatic rings. The Bertz CT molecular complexity index is 1240. The maximum atomic E-state index is 6.61. The van der Waals surface area contributed by atoms with Gasteiger partial charge in [-0.3, -0.25) is 4.90 Å². The number of aromatic nitrogens is 2. The number of rotatable bonds is 9. The van der Waals surface area contributed by atoms with Gasteiger partial charge >= 0.3 is 0 Å². The van der Waals surface area contributed by atoms with Crippen LogP contribution >= 0.6 is 22.9 Å². The molecule has 0 atom stereocenters. The highest BCUT2D eigenvalue weighted by molar-refractivity contribution is 7.16. The molecule has 1 fully saturated rings. The molecule has 4 rings (SSSR count). The van der Waals surface area contributed by atoms with Gasteiger partial charge in [0, 0.05) is 17.5 Å². The first kappa shape index (κ1) is 25.4. The van der Waals surface area contributed by atoms with E-state index in [0.29, 0.717) is 11.1 Å². The minimum Gasteiger partial charge on any atom is -0.298 e. The van der Waals surface area contributed by atoms with Crippen LogP contribution in [0.25, 0.3) is 21.8 Å². The van der Waals surface area contributed by atoms with Crippen LogP contribution in [0.4, 0.5) is 0 Å². The van der Waals surface area contributed by atoms with Gasteiger partial charge in [-0.15, -0.1) is 11.3 Å². The second kappa shape index (κ2) is 11.9. The van der Waals surface area contributed by atoms with Crippen LogP contribution in [-0.2, 0) is 6.54 Å². The largest absolute Gasteiger partial charge is 0.298 e. The number of halogens is 1. The fourth-order valence-corrected chi connectivity index (χ4v) is 5.84. The maximum Gasteiger partial charge on any atom is 0.0844 e.